The summed E-state index contributed by atoms with van der Waals surface area (Å²) in [7, 11) is 5.03. The van der Waals surface area contributed by atoms with E-state index in [9.17, 15) is 0 Å². The first-order chi connectivity index (χ1) is 10.3. The Morgan fingerprint density at radius 2 is 1.33 bits per heavy atom. The van der Waals surface area contributed by atoms with Crippen molar-refractivity contribution in [3.8, 4) is 0 Å². The van der Waals surface area contributed by atoms with Crippen LogP contribution in [0.3, 0.4) is 0 Å². The second-order valence-electron chi connectivity index (χ2n) is 5.25. The maximum absolute atomic E-state index is 5.17. The fourth-order valence-corrected chi connectivity index (χ4v) is 2.21. The third-order valence-electron chi connectivity index (χ3n) is 3.46. The first-order valence-corrected chi connectivity index (χ1v) is 8.16. The maximum Gasteiger partial charge on any atom is 0.187 e. The van der Waals surface area contributed by atoms with Gasteiger partial charge in [-0.2, -0.15) is 0 Å². The van der Waals surface area contributed by atoms with Gasteiger partial charge >= 0.3 is 0 Å². The lowest BCUT2D eigenvalue weighted by molar-refractivity contribution is -0.107. The fourth-order valence-electron chi connectivity index (χ4n) is 2.21. The molecule has 0 aliphatic carbocycles. The third-order valence-corrected chi connectivity index (χ3v) is 3.46. The molecule has 0 aromatic rings. The molecule has 0 fully saturated rings. The molecule has 0 saturated carbocycles. The van der Waals surface area contributed by atoms with Crippen molar-refractivity contribution < 1.29 is 18.9 Å². The summed E-state index contributed by atoms with van der Waals surface area (Å²) in [5.41, 5.74) is 0. The van der Waals surface area contributed by atoms with Gasteiger partial charge in [0.2, 0.25) is 0 Å². The molecular weight excluding hydrogens is 268 g/mol. The second kappa shape index (κ2) is 17.5. The summed E-state index contributed by atoms with van der Waals surface area (Å²) in [4.78, 5) is 0. The number of hydrogen-bond acceptors (Lipinski definition) is 4. The van der Waals surface area contributed by atoms with Crippen LogP contribution in [0.25, 0.3) is 0 Å². The van der Waals surface area contributed by atoms with Crippen molar-refractivity contribution in [1.29, 1.82) is 0 Å². The Labute approximate surface area is 130 Å². The van der Waals surface area contributed by atoms with E-state index >= 15 is 0 Å². The zero-order chi connectivity index (χ0) is 15.6. The molecule has 0 unspecified atom stereocenters. The molecular formula is C17H34O4. The molecule has 0 amide bonds. The summed E-state index contributed by atoms with van der Waals surface area (Å²) < 4.78 is 20.2. The second-order valence-corrected chi connectivity index (χ2v) is 5.25. The van der Waals surface area contributed by atoms with Gasteiger partial charge in [0.1, 0.15) is 0 Å². The molecule has 0 aliphatic heterocycles. The molecule has 4 heteroatoms. The van der Waals surface area contributed by atoms with E-state index in [1.165, 1.54) is 51.4 Å². The van der Waals surface area contributed by atoms with Crippen LogP contribution in [-0.2, 0) is 18.9 Å². The van der Waals surface area contributed by atoms with Crippen LogP contribution in [0.4, 0.5) is 0 Å². The van der Waals surface area contributed by atoms with E-state index in [-0.39, 0.29) is 6.29 Å². The summed E-state index contributed by atoms with van der Waals surface area (Å²) in [6.07, 6.45) is 16.3. The van der Waals surface area contributed by atoms with E-state index in [4.69, 9.17) is 18.9 Å². The van der Waals surface area contributed by atoms with Crippen molar-refractivity contribution in [2.75, 3.05) is 28.1 Å². The van der Waals surface area contributed by atoms with E-state index in [2.05, 4.69) is 6.08 Å². The van der Waals surface area contributed by atoms with E-state index in [0.29, 0.717) is 6.79 Å². The number of unbranched alkanes of at least 4 members (excludes halogenated alkanes) is 8. The van der Waals surface area contributed by atoms with Gasteiger partial charge in [0.05, 0.1) is 6.26 Å². The number of hydrogen-bond donors (Lipinski definition) is 0. The highest BCUT2D eigenvalue weighted by Crippen LogP contribution is 2.12. The van der Waals surface area contributed by atoms with Crippen LogP contribution in [-0.4, -0.2) is 34.4 Å². The van der Waals surface area contributed by atoms with Crippen LogP contribution in [0, 0.1) is 0 Å². The first-order valence-electron chi connectivity index (χ1n) is 8.16. The Morgan fingerprint density at radius 3 is 1.90 bits per heavy atom. The van der Waals surface area contributed by atoms with Crippen molar-refractivity contribution in [2.45, 2.75) is 70.5 Å². The normalized spacial score (nSPS) is 11.6. The van der Waals surface area contributed by atoms with Crippen molar-refractivity contribution in [3.05, 3.63) is 12.3 Å². The van der Waals surface area contributed by atoms with Gasteiger partial charge in [-0.15, -0.1) is 0 Å². The van der Waals surface area contributed by atoms with Crippen molar-refractivity contribution in [1.82, 2.24) is 0 Å². The third kappa shape index (κ3) is 15.6. The Hall–Kier alpha value is -0.580. The Kier molecular flexibility index (Phi) is 17.0. The molecule has 0 aromatic heterocycles. The fraction of sp³-hybridized carbons (Fsp3) is 0.882. The van der Waals surface area contributed by atoms with Gasteiger partial charge in [0.15, 0.2) is 13.1 Å². The average molecular weight is 302 g/mol. The lowest BCUT2D eigenvalue weighted by Gasteiger charge is -2.12. The molecule has 4 nitrogen and oxygen atoms in total. The van der Waals surface area contributed by atoms with Crippen molar-refractivity contribution >= 4 is 0 Å². The Balaban J connectivity index is 3.10. The minimum atomic E-state index is -0.0223. The van der Waals surface area contributed by atoms with Gasteiger partial charge in [-0.1, -0.05) is 38.5 Å². The molecule has 0 aromatic carbocycles. The molecule has 0 saturated heterocycles. The molecule has 0 atom stereocenters. The molecule has 0 aliphatic rings. The molecule has 0 N–H and O–H groups in total. The summed E-state index contributed by atoms with van der Waals surface area (Å²) in [6, 6.07) is 0. The van der Waals surface area contributed by atoms with Crippen LogP contribution in [0.5, 0.6) is 0 Å². The zero-order valence-electron chi connectivity index (χ0n) is 14.1. The van der Waals surface area contributed by atoms with E-state index in [1.54, 1.807) is 27.6 Å². The minimum absolute atomic E-state index is 0.0223. The highest BCUT2D eigenvalue weighted by atomic mass is 16.7. The van der Waals surface area contributed by atoms with Crippen LogP contribution >= 0.6 is 0 Å². The number of ether oxygens (including phenoxy) is 4. The van der Waals surface area contributed by atoms with Gasteiger partial charge < -0.3 is 18.9 Å². The predicted octanol–water partition coefficient (Wildman–Crippen LogP) is 4.64. The molecule has 0 heterocycles. The summed E-state index contributed by atoms with van der Waals surface area (Å²) in [5.74, 6) is 0. The number of rotatable bonds is 16. The van der Waals surface area contributed by atoms with E-state index in [0.717, 1.165) is 12.8 Å². The topological polar surface area (TPSA) is 36.9 Å². The predicted molar refractivity (Wildman–Crippen MR) is 86.1 cm³/mol. The quantitative estimate of drug-likeness (QED) is 0.236. The monoisotopic (exact) mass is 302 g/mol. The summed E-state index contributed by atoms with van der Waals surface area (Å²) >= 11 is 0. The van der Waals surface area contributed by atoms with Gasteiger partial charge in [0.25, 0.3) is 0 Å². The highest BCUT2D eigenvalue weighted by molar-refractivity contribution is 4.72. The summed E-state index contributed by atoms with van der Waals surface area (Å²) in [6.45, 7) is 0.339. The SMILES string of the molecule is COCOC=CCCCCCCCCCCC(OC)OC. The summed E-state index contributed by atoms with van der Waals surface area (Å²) in [5, 5.41) is 0. The average Bonchev–Trinajstić information content (AvgIpc) is 2.51. The largest absolute Gasteiger partial charge is 0.476 e. The Bertz CT molecular complexity index is 215. The van der Waals surface area contributed by atoms with Gasteiger partial charge in [0, 0.05) is 21.3 Å². The maximum atomic E-state index is 5.17. The van der Waals surface area contributed by atoms with Crippen molar-refractivity contribution in [2.24, 2.45) is 0 Å². The molecule has 0 rings (SSSR count). The van der Waals surface area contributed by atoms with Crippen LogP contribution < -0.4 is 0 Å². The van der Waals surface area contributed by atoms with Gasteiger partial charge in [-0.25, -0.2) is 0 Å². The molecule has 126 valence electrons. The first kappa shape index (κ1) is 20.4. The van der Waals surface area contributed by atoms with Gasteiger partial charge in [-0.05, 0) is 31.8 Å². The Morgan fingerprint density at radius 1 is 0.762 bits per heavy atom. The molecule has 0 radical (unpaired) electrons. The number of allylic oxidation sites excluding steroid dienone is 1. The highest BCUT2D eigenvalue weighted by Gasteiger charge is 2.03. The van der Waals surface area contributed by atoms with Crippen LogP contribution in [0.1, 0.15) is 64.2 Å². The van der Waals surface area contributed by atoms with Crippen molar-refractivity contribution in [3.63, 3.8) is 0 Å². The zero-order valence-corrected chi connectivity index (χ0v) is 14.1. The molecule has 0 spiro atoms. The van der Waals surface area contributed by atoms with Crippen LogP contribution in [0.15, 0.2) is 12.3 Å². The van der Waals surface area contributed by atoms with Crippen LogP contribution in [0.2, 0.25) is 0 Å². The number of methoxy groups -OCH3 is 3. The lowest BCUT2D eigenvalue weighted by Crippen LogP contribution is -2.12. The molecule has 0 bridgehead atoms. The lowest BCUT2D eigenvalue weighted by atomic mass is 10.1. The molecule has 21 heavy (non-hydrogen) atoms. The smallest absolute Gasteiger partial charge is 0.187 e. The minimum Gasteiger partial charge on any atom is -0.476 e. The standard InChI is InChI=1S/C17H34O4/c1-18-16-21-15-13-11-9-7-5-4-6-8-10-12-14-17(19-2)20-3/h13,15,17H,4-12,14,16H2,1-3H3. The van der Waals surface area contributed by atoms with E-state index < -0.39 is 0 Å². The van der Waals surface area contributed by atoms with Gasteiger partial charge in [-0.3, -0.25) is 0 Å². The van der Waals surface area contributed by atoms with E-state index in [1.807, 2.05) is 0 Å².